The molecule has 0 amide bonds. The van der Waals surface area contributed by atoms with Gasteiger partial charge in [-0.3, -0.25) is 0 Å². The van der Waals surface area contributed by atoms with Gasteiger partial charge in [0.15, 0.2) is 12.1 Å². The number of hydrogen-bond donors (Lipinski definition) is 1. The molecule has 3 aliphatic heterocycles. The maximum absolute atomic E-state index is 10.2. The van der Waals surface area contributed by atoms with E-state index in [4.69, 9.17) is 14.2 Å². The summed E-state index contributed by atoms with van der Waals surface area (Å²) < 4.78 is 17.0. The SMILES string of the molecule is CC1(C)OC2OC(CN3CCCC3)C(O)C2O1. The topological polar surface area (TPSA) is 51.2 Å². The van der Waals surface area contributed by atoms with Crippen LogP contribution in [-0.2, 0) is 14.2 Å². The monoisotopic (exact) mass is 243 g/mol. The second-order valence-electron chi connectivity index (χ2n) is 5.64. The second-order valence-corrected chi connectivity index (χ2v) is 5.64. The molecule has 0 aromatic carbocycles. The van der Waals surface area contributed by atoms with Crippen molar-refractivity contribution >= 4 is 0 Å². The molecule has 3 saturated heterocycles. The summed E-state index contributed by atoms with van der Waals surface area (Å²) in [6, 6.07) is 0. The number of nitrogens with zero attached hydrogens (tertiary/aromatic N) is 1. The van der Waals surface area contributed by atoms with Crippen LogP contribution < -0.4 is 0 Å². The first-order valence-corrected chi connectivity index (χ1v) is 6.47. The Morgan fingerprint density at radius 2 is 1.94 bits per heavy atom. The lowest BCUT2D eigenvalue weighted by molar-refractivity contribution is -0.216. The maximum atomic E-state index is 10.2. The van der Waals surface area contributed by atoms with Crippen molar-refractivity contribution in [2.24, 2.45) is 0 Å². The van der Waals surface area contributed by atoms with Gasteiger partial charge in [0.05, 0.1) is 0 Å². The quantitative estimate of drug-likeness (QED) is 0.757. The molecule has 5 heteroatoms. The Hall–Kier alpha value is -0.200. The van der Waals surface area contributed by atoms with Crippen LogP contribution in [0.4, 0.5) is 0 Å². The molecule has 0 aliphatic carbocycles. The number of likely N-dealkylation sites (tertiary alicyclic amines) is 1. The predicted molar refractivity (Wildman–Crippen MR) is 60.4 cm³/mol. The standard InChI is InChI=1S/C12H21NO4/c1-12(2)16-10-9(14)8(15-11(10)17-12)7-13-5-3-4-6-13/h8-11,14H,3-7H2,1-2H3. The molecule has 3 heterocycles. The summed E-state index contributed by atoms with van der Waals surface area (Å²) in [5.74, 6) is -0.644. The van der Waals surface area contributed by atoms with Crippen molar-refractivity contribution < 1.29 is 19.3 Å². The summed E-state index contributed by atoms with van der Waals surface area (Å²) in [5.41, 5.74) is 0. The minimum absolute atomic E-state index is 0.181. The zero-order valence-electron chi connectivity index (χ0n) is 10.5. The average molecular weight is 243 g/mol. The predicted octanol–water partition coefficient (Wildman–Crippen LogP) is 0.319. The van der Waals surface area contributed by atoms with Crippen LogP contribution in [0.5, 0.6) is 0 Å². The molecular weight excluding hydrogens is 222 g/mol. The van der Waals surface area contributed by atoms with E-state index in [0.717, 1.165) is 19.6 Å². The van der Waals surface area contributed by atoms with E-state index in [2.05, 4.69) is 4.90 Å². The van der Waals surface area contributed by atoms with E-state index in [1.165, 1.54) is 12.8 Å². The third kappa shape index (κ3) is 2.22. The van der Waals surface area contributed by atoms with Crippen molar-refractivity contribution in [2.45, 2.75) is 57.1 Å². The molecule has 0 saturated carbocycles. The van der Waals surface area contributed by atoms with Gasteiger partial charge in [-0.15, -0.1) is 0 Å². The zero-order chi connectivity index (χ0) is 12.0. The van der Waals surface area contributed by atoms with E-state index in [1.807, 2.05) is 13.8 Å². The maximum Gasteiger partial charge on any atom is 0.190 e. The van der Waals surface area contributed by atoms with Crippen LogP contribution in [0.1, 0.15) is 26.7 Å². The van der Waals surface area contributed by atoms with E-state index in [1.54, 1.807) is 0 Å². The van der Waals surface area contributed by atoms with Gasteiger partial charge in [-0.05, 0) is 39.8 Å². The van der Waals surface area contributed by atoms with Crippen LogP contribution in [-0.4, -0.2) is 60.0 Å². The van der Waals surface area contributed by atoms with Gasteiger partial charge in [-0.2, -0.15) is 0 Å². The van der Waals surface area contributed by atoms with Crippen LogP contribution in [0.25, 0.3) is 0 Å². The number of aliphatic hydroxyl groups excluding tert-OH is 1. The summed E-state index contributed by atoms with van der Waals surface area (Å²) in [6.07, 6.45) is 0.984. The van der Waals surface area contributed by atoms with Crippen molar-refractivity contribution in [3.63, 3.8) is 0 Å². The molecule has 1 N–H and O–H groups in total. The highest BCUT2D eigenvalue weighted by molar-refractivity contribution is 4.94. The molecule has 3 fully saturated rings. The largest absolute Gasteiger partial charge is 0.387 e. The average Bonchev–Trinajstić information content (AvgIpc) is 2.89. The normalized spacial score (nSPS) is 45.4. The Morgan fingerprint density at radius 1 is 1.24 bits per heavy atom. The minimum Gasteiger partial charge on any atom is -0.387 e. The van der Waals surface area contributed by atoms with Crippen molar-refractivity contribution in [1.29, 1.82) is 0 Å². The van der Waals surface area contributed by atoms with Crippen LogP contribution in [0.3, 0.4) is 0 Å². The van der Waals surface area contributed by atoms with Gasteiger partial charge in [0.2, 0.25) is 0 Å². The lowest BCUT2D eigenvalue weighted by Crippen LogP contribution is -2.40. The number of hydrogen-bond acceptors (Lipinski definition) is 5. The van der Waals surface area contributed by atoms with E-state index in [9.17, 15) is 5.11 Å². The molecule has 4 unspecified atom stereocenters. The van der Waals surface area contributed by atoms with E-state index in [-0.39, 0.29) is 12.2 Å². The first-order valence-electron chi connectivity index (χ1n) is 6.47. The molecular formula is C12H21NO4. The summed E-state index contributed by atoms with van der Waals surface area (Å²) >= 11 is 0. The van der Waals surface area contributed by atoms with Crippen LogP contribution in [0.2, 0.25) is 0 Å². The van der Waals surface area contributed by atoms with Crippen LogP contribution in [0.15, 0.2) is 0 Å². The first kappa shape index (κ1) is 11.9. The molecule has 3 aliphatic rings. The highest BCUT2D eigenvalue weighted by Crippen LogP contribution is 2.37. The second kappa shape index (κ2) is 4.17. The van der Waals surface area contributed by atoms with E-state index in [0.29, 0.717) is 0 Å². The fourth-order valence-electron chi connectivity index (χ4n) is 2.93. The molecule has 17 heavy (non-hydrogen) atoms. The molecule has 0 aromatic rings. The molecule has 4 atom stereocenters. The lowest BCUT2D eigenvalue weighted by atomic mass is 10.1. The van der Waals surface area contributed by atoms with Gasteiger partial charge in [-0.25, -0.2) is 0 Å². The van der Waals surface area contributed by atoms with Gasteiger partial charge < -0.3 is 24.2 Å². The fraction of sp³-hybridized carbons (Fsp3) is 1.00. The Bertz CT molecular complexity index is 290. The van der Waals surface area contributed by atoms with Crippen LogP contribution >= 0.6 is 0 Å². The van der Waals surface area contributed by atoms with Crippen molar-refractivity contribution in [3.8, 4) is 0 Å². The van der Waals surface area contributed by atoms with Crippen LogP contribution in [0, 0.1) is 0 Å². The number of aliphatic hydroxyl groups is 1. The van der Waals surface area contributed by atoms with E-state index < -0.39 is 18.2 Å². The Morgan fingerprint density at radius 3 is 2.59 bits per heavy atom. The first-order chi connectivity index (χ1) is 8.05. The third-order valence-electron chi connectivity index (χ3n) is 3.75. The third-order valence-corrected chi connectivity index (χ3v) is 3.75. The molecule has 0 radical (unpaired) electrons. The molecule has 98 valence electrons. The minimum atomic E-state index is -0.644. The fourth-order valence-corrected chi connectivity index (χ4v) is 2.93. The molecule has 3 rings (SSSR count). The molecule has 5 nitrogen and oxygen atoms in total. The van der Waals surface area contributed by atoms with Gasteiger partial charge >= 0.3 is 0 Å². The molecule has 0 bridgehead atoms. The Balaban J connectivity index is 1.60. The highest BCUT2D eigenvalue weighted by atomic mass is 16.8. The van der Waals surface area contributed by atoms with Crippen molar-refractivity contribution in [1.82, 2.24) is 4.90 Å². The lowest BCUT2D eigenvalue weighted by Gasteiger charge is -2.25. The summed E-state index contributed by atoms with van der Waals surface area (Å²) in [6.45, 7) is 6.68. The van der Waals surface area contributed by atoms with Crippen molar-refractivity contribution in [3.05, 3.63) is 0 Å². The van der Waals surface area contributed by atoms with E-state index >= 15 is 0 Å². The summed E-state index contributed by atoms with van der Waals surface area (Å²) in [4.78, 5) is 2.33. The molecule has 0 spiro atoms. The Kier molecular flexibility index (Phi) is 2.91. The number of fused-ring (bicyclic) bond motifs is 1. The summed E-state index contributed by atoms with van der Waals surface area (Å²) in [5, 5.41) is 10.2. The number of rotatable bonds is 2. The van der Waals surface area contributed by atoms with Gasteiger partial charge in [-0.1, -0.05) is 0 Å². The van der Waals surface area contributed by atoms with Gasteiger partial charge in [0, 0.05) is 6.54 Å². The number of ether oxygens (including phenoxy) is 3. The highest BCUT2D eigenvalue weighted by Gasteiger charge is 2.54. The van der Waals surface area contributed by atoms with Gasteiger partial charge in [0.1, 0.15) is 18.3 Å². The zero-order valence-corrected chi connectivity index (χ0v) is 10.5. The smallest absolute Gasteiger partial charge is 0.190 e. The van der Waals surface area contributed by atoms with Gasteiger partial charge in [0.25, 0.3) is 0 Å². The van der Waals surface area contributed by atoms with Crippen molar-refractivity contribution in [2.75, 3.05) is 19.6 Å². The molecule has 0 aromatic heterocycles. The summed E-state index contributed by atoms with van der Waals surface area (Å²) in [7, 11) is 0. The Labute approximate surface area is 102 Å².